The molecule has 0 aliphatic rings. The molecule has 0 saturated heterocycles. The van der Waals surface area contributed by atoms with Crippen LogP contribution in [0.5, 0.6) is 0 Å². The topological polar surface area (TPSA) is 12.0 Å². The van der Waals surface area contributed by atoms with Gasteiger partial charge in [-0.25, -0.2) is 0 Å². The van der Waals surface area contributed by atoms with Crippen LogP contribution < -0.4 is 5.32 Å². The minimum Gasteiger partial charge on any atom is -0.379 e. The van der Waals surface area contributed by atoms with E-state index in [1.165, 1.54) is 0 Å². The maximum absolute atomic E-state index is 4.77. The predicted octanol–water partition coefficient (Wildman–Crippen LogP) is 1.11. The van der Waals surface area contributed by atoms with Crippen LogP contribution in [-0.2, 0) is 0 Å². The molecule has 0 aliphatic heterocycles. The molecule has 2 heteroatoms. The maximum Gasteiger partial charge on any atom is 0.101 e. The van der Waals surface area contributed by atoms with Crippen LogP contribution in [0.1, 0.15) is 6.92 Å². The molecule has 1 N–H and O–H groups in total. The summed E-state index contributed by atoms with van der Waals surface area (Å²) in [5.74, 6) is 0. The van der Waals surface area contributed by atoms with E-state index in [4.69, 9.17) is 12.2 Å². The first-order valence-electron chi connectivity index (χ1n) is 2.06. The first-order valence-corrected chi connectivity index (χ1v) is 2.47. The molecule has 1 nitrogen and oxygen atoms in total. The van der Waals surface area contributed by atoms with E-state index in [2.05, 4.69) is 11.9 Å². The summed E-state index contributed by atoms with van der Waals surface area (Å²) < 4.78 is 0. The van der Waals surface area contributed by atoms with Gasteiger partial charge in [-0.05, 0) is 12.5 Å². The highest BCUT2D eigenvalue weighted by atomic mass is 32.1. The first kappa shape index (κ1) is 6.63. The number of likely N-dealkylation sites (N-methyl/N-ethyl adjacent to an activating group) is 1. The Kier molecular flexibility index (Phi) is 2.60. The molecular formula is C5H9NS. The second-order valence-corrected chi connectivity index (χ2v) is 1.77. The molecule has 0 aliphatic carbocycles. The van der Waals surface area contributed by atoms with Gasteiger partial charge in [0.2, 0.25) is 0 Å². The second-order valence-electron chi connectivity index (χ2n) is 1.36. The molecule has 0 bridgehead atoms. The van der Waals surface area contributed by atoms with Crippen LogP contribution in [0.3, 0.4) is 0 Å². The summed E-state index contributed by atoms with van der Waals surface area (Å²) in [4.78, 5) is 0.736. The summed E-state index contributed by atoms with van der Waals surface area (Å²) in [7, 11) is 1.79. The van der Waals surface area contributed by atoms with Crippen molar-refractivity contribution in [3.63, 3.8) is 0 Å². The monoisotopic (exact) mass is 115 g/mol. The van der Waals surface area contributed by atoms with Crippen molar-refractivity contribution in [3.8, 4) is 0 Å². The van der Waals surface area contributed by atoms with Crippen molar-refractivity contribution in [2.24, 2.45) is 0 Å². The lowest BCUT2D eigenvalue weighted by Crippen LogP contribution is -2.15. The molecule has 0 rings (SSSR count). The van der Waals surface area contributed by atoms with E-state index in [9.17, 15) is 0 Å². The lowest BCUT2D eigenvalue weighted by molar-refractivity contribution is 1.20. The smallest absolute Gasteiger partial charge is 0.101 e. The third kappa shape index (κ3) is 2.34. The van der Waals surface area contributed by atoms with E-state index in [0.717, 1.165) is 10.6 Å². The summed E-state index contributed by atoms with van der Waals surface area (Å²) in [5, 5.41) is 2.80. The summed E-state index contributed by atoms with van der Waals surface area (Å²) in [6, 6.07) is 0. The Bertz CT molecular complexity index is 96.3. The Morgan fingerprint density at radius 3 is 2.14 bits per heavy atom. The standard InChI is InChI=1S/C5H9NS/c1-4(2)5(7)6-3/h1H2,2-3H3,(H,6,7). The fraction of sp³-hybridized carbons (Fsp3) is 0.400. The van der Waals surface area contributed by atoms with E-state index in [-0.39, 0.29) is 0 Å². The fourth-order valence-corrected chi connectivity index (χ4v) is 0.213. The number of thiocarbonyl (C=S) groups is 1. The molecule has 7 heavy (non-hydrogen) atoms. The van der Waals surface area contributed by atoms with Crippen molar-refractivity contribution in [3.05, 3.63) is 12.2 Å². The van der Waals surface area contributed by atoms with Gasteiger partial charge in [0.15, 0.2) is 0 Å². The van der Waals surface area contributed by atoms with Crippen LogP contribution in [0.2, 0.25) is 0 Å². The minimum absolute atomic E-state index is 0.736. The van der Waals surface area contributed by atoms with E-state index in [1.54, 1.807) is 7.05 Å². The van der Waals surface area contributed by atoms with Gasteiger partial charge in [0.25, 0.3) is 0 Å². The molecule has 0 amide bonds. The number of rotatable bonds is 1. The van der Waals surface area contributed by atoms with Crippen molar-refractivity contribution in [2.45, 2.75) is 6.92 Å². The van der Waals surface area contributed by atoms with Gasteiger partial charge in [-0.1, -0.05) is 18.8 Å². The van der Waals surface area contributed by atoms with Gasteiger partial charge in [0.05, 0.1) is 0 Å². The van der Waals surface area contributed by atoms with Crippen LogP contribution in [0, 0.1) is 0 Å². The molecule has 0 atom stereocenters. The Labute approximate surface area is 49.4 Å². The van der Waals surface area contributed by atoms with Crippen LogP contribution in [-0.4, -0.2) is 12.0 Å². The second kappa shape index (κ2) is 2.75. The predicted molar refractivity (Wildman–Crippen MR) is 36.5 cm³/mol. The van der Waals surface area contributed by atoms with Crippen molar-refractivity contribution in [1.82, 2.24) is 5.32 Å². The quantitative estimate of drug-likeness (QED) is 0.406. The normalized spacial score (nSPS) is 7.71. The van der Waals surface area contributed by atoms with Gasteiger partial charge in [-0.3, -0.25) is 0 Å². The maximum atomic E-state index is 4.77. The van der Waals surface area contributed by atoms with Crippen molar-refractivity contribution in [2.75, 3.05) is 7.05 Å². The van der Waals surface area contributed by atoms with E-state index < -0.39 is 0 Å². The molecule has 0 unspecified atom stereocenters. The van der Waals surface area contributed by atoms with Gasteiger partial charge in [0, 0.05) is 7.05 Å². The van der Waals surface area contributed by atoms with Crippen LogP contribution >= 0.6 is 12.2 Å². The third-order valence-corrected chi connectivity index (χ3v) is 1.17. The van der Waals surface area contributed by atoms with Gasteiger partial charge in [0.1, 0.15) is 4.99 Å². The molecule has 0 aromatic rings. The summed E-state index contributed by atoms with van der Waals surface area (Å²) >= 11 is 4.77. The molecule has 0 aromatic heterocycles. The Morgan fingerprint density at radius 2 is 2.14 bits per heavy atom. The highest BCUT2D eigenvalue weighted by Gasteiger charge is 1.86. The van der Waals surface area contributed by atoms with Crippen LogP contribution in [0.25, 0.3) is 0 Å². The van der Waals surface area contributed by atoms with E-state index in [0.29, 0.717) is 0 Å². The lowest BCUT2D eigenvalue weighted by Gasteiger charge is -1.96. The molecule has 0 aromatic carbocycles. The molecular weight excluding hydrogens is 106 g/mol. The highest BCUT2D eigenvalue weighted by Crippen LogP contribution is 1.85. The first-order chi connectivity index (χ1) is 3.18. The van der Waals surface area contributed by atoms with E-state index >= 15 is 0 Å². The zero-order chi connectivity index (χ0) is 5.86. The summed E-state index contributed by atoms with van der Waals surface area (Å²) in [6.07, 6.45) is 0. The van der Waals surface area contributed by atoms with Crippen molar-refractivity contribution < 1.29 is 0 Å². The molecule has 0 spiro atoms. The Morgan fingerprint density at radius 1 is 1.71 bits per heavy atom. The molecule has 40 valence electrons. The average Bonchev–Trinajstić information content (AvgIpc) is 1.65. The zero-order valence-electron chi connectivity index (χ0n) is 4.62. The van der Waals surface area contributed by atoms with Crippen molar-refractivity contribution >= 4 is 17.2 Å². The molecule has 0 fully saturated rings. The summed E-state index contributed by atoms with van der Waals surface area (Å²) in [5.41, 5.74) is 0.914. The molecule has 0 heterocycles. The highest BCUT2D eigenvalue weighted by molar-refractivity contribution is 7.80. The third-order valence-electron chi connectivity index (χ3n) is 0.615. The minimum atomic E-state index is 0.736. The molecule has 0 saturated carbocycles. The van der Waals surface area contributed by atoms with Crippen LogP contribution in [0.15, 0.2) is 12.2 Å². The van der Waals surface area contributed by atoms with Gasteiger partial charge < -0.3 is 5.32 Å². The lowest BCUT2D eigenvalue weighted by atomic mass is 10.3. The Balaban J connectivity index is 3.58. The van der Waals surface area contributed by atoms with Gasteiger partial charge in [-0.2, -0.15) is 0 Å². The van der Waals surface area contributed by atoms with Crippen LogP contribution in [0.4, 0.5) is 0 Å². The largest absolute Gasteiger partial charge is 0.379 e. The number of hydrogen-bond acceptors (Lipinski definition) is 1. The van der Waals surface area contributed by atoms with Crippen molar-refractivity contribution in [1.29, 1.82) is 0 Å². The molecule has 0 radical (unpaired) electrons. The van der Waals surface area contributed by atoms with Gasteiger partial charge >= 0.3 is 0 Å². The number of nitrogens with one attached hydrogen (secondary N) is 1. The van der Waals surface area contributed by atoms with Gasteiger partial charge in [-0.15, -0.1) is 0 Å². The SMILES string of the molecule is C=C(C)C(=S)NC. The number of hydrogen-bond donors (Lipinski definition) is 1. The van der Waals surface area contributed by atoms with E-state index in [1.807, 2.05) is 6.92 Å². The fourth-order valence-electron chi connectivity index (χ4n) is 0.213. The average molecular weight is 115 g/mol. The Hall–Kier alpha value is -0.370. The summed E-state index contributed by atoms with van der Waals surface area (Å²) in [6.45, 7) is 5.50. The zero-order valence-corrected chi connectivity index (χ0v) is 5.43.